The van der Waals surface area contributed by atoms with Crippen LogP contribution in [0.3, 0.4) is 0 Å². The molecule has 0 aromatic carbocycles. The summed E-state index contributed by atoms with van der Waals surface area (Å²) in [5.41, 5.74) is 0.462. The molecule has 0 aliphatic rings. The normalized spacial score (nSPS) is 12.0. The van der Waals surface area contributed by atoms with Crippen molar-refractivity contribution in [2.24, 2.45) is 0 Å². The van der Waals surface area contributed by atoms with Crippen molar-refractivity contribution in [2.45, 2.75) is 83.2 Å². The molecule has 1 aromatic heterocycles. The fraction of sp³-hybridized carbons (Fsp3) is 0.593. The van der Waals surface area contributed by atoms with E-state index in [1.165, 1.54) is 30.9 Å². The standard InChI is InChI=1S/C27H40AtN5O9/c1-18(8-11-24(36)37)32-27(41)42-14-6-2-4-12-30-22(34)9-10-23(35)33-21(26(39)40)7-3-5-13-31-25(38)19-15-20(28)17-29-16-19/h15-18,21H,2-14H2,1H3,(H,30,34)(H,31,38)(H,32,41)(H,33,35)(H,36,37)(H,39,40)/t18-,21?/m1/s1/i28+1. The Balaban J connectivity index is 2.12. The van der Waals surface area contributed by atoms with Crippen molar-refractivity contribution in [2.75, 3.05) is 19.7 Å². The molecule has 0 aliphatic heterocycles. The topological polar surface area (TPSA) is 213 Å². The van der Waals surface area contributed by atoms with E-state index in [0.717, 1.165) is 3.27 Å². The average Bonchev–Trinajstić information content (AvgIpc) is 2.93. The Morgan fingerprint density at radius 1 is 0.857 bits per heavy atom. The maximum atomic E-state index is 12.2. The van der Waals surface area contributed by atoms with Crippen molar-refractivity contribution in [3.05, 3.63) is 24.0 Å². The van der Waals surface area contributed by atoms with Gasteiger partial charge in [0.1, 0.15) is 0 Å². The molecule has 0 radical (unpaired) electrons. The van der Waals surface area contributed by atoms with E-state index in [2.05, 4.69) is 26.3 Å². The number of pyridine rings is 1. The summed E-state index contributed by atoms with van der Waals surface area (Å²) in [6, 6.07) is 0.348. The van der Waals surface area contributed by atoms with Crippen LogP contribution < -0.4 is 24.5 Å². The molecule has 14 nitrogen and oxygen atoms in total. The minimum absolute atomic E-state index is 0.0431. The Bertz CT molecular complexity index is 1060. The van der Waals surface area contributed by atoms with Gasteiger partial charge in [0, 0.05) is 31.8 Å². The summed E-state index contributed by atoms with van der Waals surface area (Å²) >= 11 is 1.42. The van der Waals surface area contributed by atoms with Crippen molar-refractivity contribution >= 4 is 39.0 Å². The average molecular weight is 790 g/mol. The Morgan fingerprint density at radius 3 is 2.24 bits per heavy atom. The third-order valence-electron chi connectivity index (χ3n) is 5.92. The summed E-state index contributed by atoms with van der Waals surface area (Å²) in [7, 11) is 0. The first kappa shape index (κ1) is 36.7. The first-order chi connectivity index (χ1) is 20.0. The predicted octanol–water partition coefficient (Wildman–Crippen LogP) is 0.772. The van der Waals surface area contributed by atoms with Crippen LogP contribution in [0, 0.1) is 24.7 Å². The fourth-order valence-electron chi connectivity index (χ4n) is 3.60. The molecule has 234 valence electrons. The van der Waals surface area contributed by atoms with Crippen LogP contribution in [-0.2, 0) is 23.9 Å². The Hall–Kier alpha value is -3.35. The second kappa shape index (κ2) is 21.4. The van der Waals surface area contributed by atoms with E-state index >= 15 is 0 Å². The molecule has 4 amide bonds. The van der Waals surface area contributed by atoms with Gasteiger partial charge in [-0.3, -0.25) is 14.4 Å². The quantitative estimate of drug-likeness (QED) is 0.0964. The summed E-state index contributed by atoms with van der Waals surface area (Å²) in [5.74, 6) is -3.22. The summed E-state index contributed by atoms with van der Waals surface area (Å²) in [5, 5.41) is 28.5. The summed E-state index contributed by atoms with van der Waals surface area (Å²) in [4.78, 5) is 74.0. The van der Waals surface area contributed by atoms with E-state index in [0.29, 0.717) is 57.2 Å². The van der Waals surface area contributed by atoms with Crippen LogP contribution in [0.5, 0.6) is 0 Å². The van der Waals surface area contributed by atoms with Gasteiger partial charge in [0.15, 0.2) is 0 Å². The molecule has 42 heavy (non-hydrogen) atoms. The van der Waals surface area contributed by atoms with E-state index < -0.39 is 30.0 Å². The summed E-state index contributed by atoms with van der Waals surface area (Å²) in [6.45, 7) is 2.62. The van der Waals surface area contributed by atoms with Gasteiger partial charge >= 0.3 is 144 Å². The number of rotatable bonds is 21. The molecular formula is C27H40AtN5O9. The number of nitrogens with one attached hydrogen (secondary N) is 4. The molecule has 0 saturated carbocycles. The van der Waals surface area contributed by atoms with E-state index in [9.17, 15) is 33.9 Å². The van der Waals surface area contributed by atoms with Crippen LogP contribution in [0.25, 0.3) is 0 Å². The number of hydrogen-bond acceptors (Lipinski definition) is 8. The van der Waals surface area contributed by atoms with Crippen molar-refractivity contribution in [1.82, 2.24) is 26.3 Å². The predicted molar refractivity (Wildman–Crippen MR) is 147 cm³/mol. The van der Waals surface area contributed by atoms with Gasteiger partial charge in [-0.05, 0) is 32.6 Å². The van der Waals surface area contributed by atoms with Crippen LogP contribution in [0.2, 0.25) is 0 Å². The number of aliphatic carboxylic acids is 2. The van der Waals surface area contributed by atoms with Crippen molar-refractivity contribution in [1.29, 1.82) is 0 Å². The second-order valence-electron chi connectivity index (χ2n) is 9.63. The second-order valence-corrected chi connectivity index (χ2v) is 11.3. The van der Waals surface area contributed by atoms with Gasteiger partial charge in [-0.1, -0.05) is 0 Å². The number of carboxylic acids is 2. The molecule has 0 aliphatic carbocycles. The van der Waals surface area contributed by atoms with Crippen molar-refractivity contribution < 1.29 is 68.4 Å². The Kier molecular flexibility index (Phi) is 18.7. The summed E-state index contributed by atoms with van der Waals surface area (Å²) < 4.78 is 5.96. The van der Waals surface area contributed by atoms with Gasteiger partial charge < -0.3 is 20.5 Å². The first-order valence-corrected chi connectivity index (χ1v) is 15.3. The van der Waals surface area contributed by atoms with Gasteiger partial charge in [0.25, 0.3) is 0 Å². The monoisotopic (exact) mass is 789 g/mol. The Morgan fingerprint density at radius 2 is 1.55 bits per heavy atom. The molecular weight excluding hydrogens is 749 g/mol. The number of carbonyl (C=O) groups excluding carboxylic acids is 4. The molecule has 1 aromatic rings. The number of unbranched alkanes of at least 4 members (excludes halogenated alkanes) is 3. The number of nitrogens with zero attached hydrogens (tertiary/aromatic N) is 1. The molecule has 0 saturated heterocycles. The van der Waals surface area contributed by atoms with Gasteiger partial charge in [-0.25, -0.2) is 4.79 Å². The number of hydrogen-bond donors (Lipinski definition) is 6. The molecule has 0 bridgehead atoms. The SMILES string of the molecule is C[C@H](CCC(=O)O)NC(=O)OCCCCCNC(=O)CCC(=O)NC(CCCCNC(=O)c1cncc([211At])c1)C(=O)O. The van der Waals surface area contributed by atoms with Crippen LogP contribution in [0.1, 0.15) is 81.5 Å². The van der Waals surface area contributed by atoms with E-state index in [1.54, 1.807) is 19.2 Å². The zero-order valence-electron chi connectivity index (χ0n) is 23.7. The van der Waals surface area contributed by atoms with Crippen LogP contribution >= 0.6 is 0 Å². The van der Waals surface area contributed by atoms with Gasteiger partial charge in [-0.2, -0.15) is 0 Å². The first-order valence-electron chi connectivity index (χ1n) is 13.8. The minimum atomic E-state index is -1.17. The zero-order valence-corrected chi connectivity index (χ0v) is 26.6. The van der Waals surface area contributed by atoms with Gasteiger partial charge in [0.2, 0.25) is 5.91 Å². The van der Waals surface area contributed by atoms with Gasteiger partial charge in [-0.15, -0.1) is 0 Å². The molecule has 1 rings (SSSR count). The van der Waals surface area contributed by atoms with E-state index in [-0.39, 0.29) is 50.1 Å². The molecule has 1 unspecified atom stereocenters. The fourth-order valence-corrected chi connectivity index (χ4v) is 4.28. The van der Waals surface area contributed by atoms with Gasteiger partial charge in [0.05, 0.1) is 6.61 Å². The number of amides is 4. The molecule has 6 N–H and O–H groups in total. The molecule has 1 heterocycles. The molecule has 0 fully saturated rings. The van der Waals surface area contributed by atoms with Crippen molar-refractivity contribution in [3.63, 3.8) is 0 Å². The molecule has 15 heteroatoms. The van der Waals surface area contributed by atoms with Crippen LogP contribution in [-0.4, -0.2) is 82.7 Å². The summed E-state index contributed by atoms with van der Waals surface area (Å²) in [6.07, 6.45) is 5.68. The van der Waals surface area contributed by atoms with E-state index in [4.69, 9.17) is 9.84 Å². The molecule has 2 atom stereocenters. The number of carbonyl (C=O) groups is 6. The third-order valence-corrected chi connectivity index (χ3v) is 6.72. The maximum absolute atomic E-state index is 12.2. The number of carboxylic acid groups (broad SMARTS) is 2. The number of ether oxygens (including phenoxy) is 1. The third kappa shape index (κ3) is 18.2. The Labute approximate surface area is 260 Å². The van der Waals surface area contributed by atoms with Crippen LogP contribution in [0.4, 0.5) is 4.79 Å². The zero-order chi connectivity index (χ0) is 31.3. The van der Waals surface area contributed by atoms with Crippen molar-refractivity contribution in [3.8, 4) is 0 Å². The number of alkyl carbamates (subject to hydrolysis) is 1. The van der Waals surface area contributed by atoms with Crippen LogP contribution in [0.15, 0.2) is 18.5 Å². The number of aromatic nitrogens is 1. The van der Waals surface area contributed by atoms with E-state index in [1.807, 2.05) is 0 Å². The molecule has 0 spiro atoms.